The van der Waals surface area contributed by atoms with E-state index in [1.807, 2.05) is 0 Å². The Morgan fingerprint density at radius 3 is 2.78 bits per heavy atom. The second kappa shape index (κ2) is 12.4. The molecule has 0 saturated carbocycles. The van der Waals surface area contributed by atoms with Crippen LogP contribution in [0.25, 0.3) is 0 Å². The van der Waals surface area contributed by atoms with Crippen LogP contribution in [0.15, 0.2) is 42.3 Å². The molecule has 2 aliphatic rings. The summed E-state index contributed by atoms with van der Waals surface area (Å²) in [6.07, 6.45) is 4.06. The number of carbonyl (C=O) groups excluding carboxylic acids is 2. The number of aromatic nitrogens is 2. The van der Waals surface area contributed by atoms with Gasteiger partial charge in [-0.3, -0.25) is 14.3 Å². The number of methoxy groups -OCH3 is 1. The predicted octanol–water partition coefficient (Wildman–Crippen LogP) is 1.83. The molecule has 200 valence electrons. The van der Waals surface area contributed by atoms with Crippen molar-refractivity contribution in [2.24, 2.45) is 5.92 Å². The van der Waals surface area contributed by atoms with Crippen molar-refractivity contribution in [2.45, 2.75) is 38.0 Å². The SMILES string of the molecule is COc1cccc(OC2=CC(=O)N(C(CC3CCOCC3)C(=O)Nc3ccn(C[C@@H](O)CO)n3)C2)c1Cl. The molecule has 0 spiro atoms. The van der Waals surface area contributed by atoms with E-state index in [-0.39, 0.29) is 41.7 Å². The second-order valence-electron chi connectivity index (χ2n) is 9.01. The summed E-state index contributed by atoms with van der Waals surface area (Å²) in [4.78, 5) is 27.9. The maximum Gasteiger partial charge on any atom is 0.251 e. The molecule has 2 amide bonds. The average molecular weight is 535 g/mol. The summed E-state index contributed by atoms with van der Waals surface area (Å²) in [5, 5.41) is 26.0. The maximum atomic E-state index is 13.4. The molecule has 1 aromatic carbocycles. The highest BCUT2D eigenvalue weighted by Gasteiger charge is 2.36. The van der Waals surface area contributed by atoms with Crippen LogP contribution in [0, 0.1) is 5.92 Å². The predicted molar refractivity (Wildman–Crippen MR) is 134 cm³/mol. The summed E-state index contributed by atoms with van der Waals surface area (Å²) in [6.45, 7) is 1.02. The van der Waals surface area contributed by atoms with Crippen LogP contribution in [0.3, 0.4) is 0 Å². The number of anilines is 1. The van der Waals surface area contributed by atoms with Crippen LogP contribution in [0.5, 0.6) is 11.5 Å². The number of hydrogen-bond donors (Lipinski definition) is 3. The van der Waals surface area contributed by atoms with Crippen LogP contribution in [-0.4, -0.2) is 82.3 Å². The Bertz CT molecular complexity index is 1130. The first-order valence-corrected chi connectivity index (χ1v) is 12.5. The molecule has 2 atom stereocenters. The quantitative estimate of drug-likeness (QED) is 0.397. The fourth-order valence-corrected chi connectivity index (χ4v) is 4.63. The molecule has 3 heterocycles. The minimum atomic E-state index is -0.963. The zero-order valence-electron chi connectivity index (χ0n) is 20.5. The Labute approximate surface area is 219 Å². The van der Waals surface area contributed by atoms with Gasteiger partial charge in [0.05, 0.1) is 32.9 Å². The van der Waals surface area contributed by atoms with Crippen LogP contribution < -0.4 is 14.8 Å². The minimum absolute atomic E-state index is 0.0833. The van der Waals surface area contributed by atoms with E-state index in [9.17, 15) is 14.7 Å². The van der Waals surface area contributed by atoms with Gasteiger partial charge in [0.1, 0.15) is 28.3 Å². The van der Waals surface area contributed by atoms with E-state index in [1.165, 1.54) is 22.8 Å². The fourth-order valence-electron chi connectivity index (χ4n) is 4.39. The number of nitrogens with one attached hydrogen (secondary N) is 1. The van der Waals surface area contributed by atoms with E-state index in [2.05, 4.69) is 10.4 Å². The van der Waals surface area contributed by atoms with Gasteiger partial charge in [0, 0.05) is 31.6 Å². The number of halogens is 1. The lowest BCUT2D eigenvalue weighted by molar-refractivity contribution is -0.134. The molecule has 4 rings (SSSR count). The van der Waals surface area contributed by atoms with E-state index >= 15 is 0 Å². The Morgan fingerprint density at radius 2 is 2.05 bits per heavy atom. The highest BCUT2D eigenvalue weighted by Crippen LogP contribution is 2.35. The molecule has 0 bridgehead atoms. The first-order chi connectivity index (χ1) is 17.9. The summed E-state index contributed by atoms with van der Waals surface area (Å²) in [7, 11) is 1.50. The summed E-state index contributed by atoms with van der Waals surface area (Å²) in [5.41, 5.74) is 0. The molecule has 3 N–H and O–H groups in total. The Kier molecular flexibility index (Phi) is 9.04. The molecule has 0 radical (unpaired) electrons. The van der Waals surface area contributed by atoms with Gasteiger partial charge < -0.3 is 34.6 Å². The van der Waals surface area contributed by atoms with Gasteiger partial charge in [-0.15, -0.1) is 0 Å². The van der Waals surface area contributed by atoms with Crippen molar-refractivity contribution in [1.29, 1.82) is 0 Å². The summed E-state index contributed by atoms with van der Waals surface area (Å²) in [6, 6.07) is 5.94. The van der Waals surface area contributed by atoms with E-state index < -0.39 is 18.8 Å². The molecule has 2 aliphatic heterocycles. The Hall–Kier alpha value is -3.12. The van der Waals surface area contributed by atoms with Crippen molar-refractivity contribution in [3.8, 4) is 11.5 Å². The summed E-state index contributed by atoms with van der Waals surface area (Å²) in [5.74, 6) is 0.956. The average Bonchev–Trinajstić information content (AvgIpc) is 3.49. The van der Waals surface area contributed by atoms with E-state index in [0.29, 0.717) is 36.9 Å². The van der Waals surface area contributed by atoms with Gasteiger partial charge in [-0.05, 0) is 37.3 Å². The summed E-state index contributed by atoms with van der Waals surface area (Å²) >= 11 is 6.34. The number of nitrogens with zero attached hydrogens (tertiary/aromatic N) is 3. The van der Waals surface area contributed by atoms with Crippen molar-refractivity contribution in [3.63, 3.8) is 0 Å². The van der Waals surface area contributed by atoms with Crippen molar-refractivity contribution >= 4 is 29.2 Å². The van der Waals surface area contributed by atoms with Crippen molar-refractivity contribution in [1.82, 2.24) is 14.7 Å². The third-order valence-corrected chi connectivity index (χ3v) is 6.73. The highest BCUT2D eigenvalue weighted by atomic mass is 35.5. The zero-order chi connectivity index (χ0) is 26.4. The van der Waals surface area contributed by atoms with E-state index in [4.69, 9.17) is 30.9 Å². The number of carbonyl (C=O) groups is 2. The first-order valence-electron chi connectivity index (χ1n) is 12.1. The Morgan fingerprint density at radius 1 is 1.30 bits per heavy atom. The van der Waals surface area contributed by atoms with Gasteiger partial charge in [-0.2, -0.15) is 5.10 Å². The monoisotopic (exact) mass is 534 g/mol. The number of ether oxygens (including phenoxy) is 3. The second-order valence-corrected chi connectivity index (χ2v) is 9.39. The fraction of sp³-hybridized carbons (Fsp3) is 0.480. The number of aliphatic hydroxyl groups is 2. The van der Waals surface area contributed by atoms with Crippen LogP contribution >= 0.6 is 11.6 Å². The normalized spacial score (nSPS) is 17.9. The minimum Gasteiger partial charge on any atom is -0.495 e. The number of benzene rings is 1. The standard InChI is InChI=1S/C25H31ClN4O7/c1-35-20-3-2-4-21(24(20)26)37-18-12-23(33)30(14-18)19(11-16-6-9-36-10-7-16)25(34)27-22-5-8-29(28-22)13-17(32)15-31/h2-5,8,12,16-17,19,31-32H,6-7,9-11,13-15H2,1H3,(H,27,28,34)/t17-,19?/m1/s1. The highest BCUT2D eigenvalue weighted by molar-refractivity contribution is 6.33. The van der Waals surface area contributed by atoms with Crippen molar-refractivity contribution in [3.05, 3.63) is 47.3 Å². The number of rotatable bonds is 11. The number of amides is 2. The molecule has 1 aromatic heterocycles. The molecular weight excluding hydrogens is 504 g/mol. The smallest absolute Gasteiger partial charge is 0.251 e. The van der Waals surface area contributed by atoms with Gasteiger partial charge in [0.15, 0.2) is 5.82 Å². The molecule has 2 aromatic rings. The first kappa shape index (κ1) is 26.9. The lowest BCUT2D eigenvalue weighted by Crippen LogP contribution is -2.47. The molecule has 0 aliphatic carbocycles. The number of aliphatic hydroxyl groups excluding tert-OH is 2. The molecule has 11 nitrogen and oxygen atoms in total. The molecule has 12 heteroatoms. The maximum absolute atomic E-state index is 13.4. The zero-order valence-corrected chi connectivity index (χ0v) is 21.3. The van der Waals surface area contributed by atoms with Crippen molar-refractivity contribution < 1.29 is 34.0 Å². The van der Waals surface area contributed by atoms with Crippen LogP contribution in [-0.2, 0) is 20.9 Å². The molecule has 37 heavy (non-hydrogen) atoms. The molecule has 1 fully saturated rings. The molecular formula is C25H31ClN4O7. The van der Waals surface area contributed by atoms with Crippen LogP contribution in [0.4, 0.5) is 5.82 Å². The van der Waals surface area contributed by atoms with Gasteiger partial charge in [-0.1, -0.05) is 17.7 Å². The lowest BCUT2D eigenvalue weighted by Gasteiger charge is -2.31. The van der Waals surface area contributed by atoms with Crippen LogP contribution in [0.1, 0.15) is 19.3 Å². The van der Waals surface area contributed by atoms with Crippen LogP contribution in [0.2, 0.25) is 5.02 Å². The largest absolute Gasteiger partial charge is 0.495 e. The van der Waals surface area contributed by atoms with Gasteiger partial charge >= 0.3 is 0 Å². The molecule has 1 saturated heterocycles. The molecule has 1 unspecified atom stereocenters. The Balaban J connectivity index is 1.48. The lowest BCUT2D eigenvalue weighted by atomic mass is 9.91. The van der Waals surface area contributed by atoms with Gasteiger partial charge in [0.2, 0.25) is 5.91 Å². The summed E-state index contributed by atoms with van der Waals surface area (Å²) < 4.78 is 18.0. The van der Waals surface area contributed by atoms with E-state index in [0.717, 1.165) is 12.8 Å². The number of hydrogen-bond acceptors (Lipinski definition) is 8. The van der Waals surface area contributed by atoms with Gasteiger partial charge in [-0.25, -0.2) is 0 Å². The van der Waals surface area contributed by atoms with Gasteiger partial charge in [0.25, 0.3) is 5.91 Å². The topological polar surface area (TPSA) is 135 Å². The van der Waals surface area contributed by atoms with Crippen molar-refractivity contribution in [2.75, 3.05) is 38.8 Å². The third-order valence-electron chi connectivity index (χ3n) is 6.36. The van der Waals surface area contributed by atoms with E-state index in [1.54, 1.807) is 30.5 Å². The third kappa shape index (κ3) is 6.80.